The summed E-state index contributed by atoms with van der Waals surface area (Å²) in [7, 11) is 0. The second kappa shape index (κ2) is 6.19. The van der Waals surface area contributed by atoms with E-state index in [1.807, 2.05) is 6.07 Å². The van der Waals surface area contributed by atoms with Crippen molar-refractivity contribution in [1.82, 2.24) is 0 Å². The van der Waals surface area contributed by atoms with Gasteiger partial charge in [-0.05, 0) is 37.1 Å². The molecule has 1 unspecified atom stereocenters. The van der Waals surface area contributed by atoms with E-state index in [9.17, 15) is 18.0 Å². The Kier molecular flexibility index (Phi) is 4.22. The van der Waals surface area contributed by atoms with Gasteiger partial charge in [-0.15, -0.1) is 0 Å². The highest BCUT2D eigenvalue weighted by Crippen LogP contribution is 2.36. The molecule has 0 bridgehead atoms. The number of fused-ring (bicyclic) bond motifs is 1. The molecule has 0 saturated carbocycles. The van der Waals surface area contributed by atoms with Crippen LogP contribution in [0.15, 0.2) is 42.5 Å². The van der Waals surface area contributed by atoms with E-state index in [0.717, 1.165) is 11.6 Å². The molecular weight excluding hydrogens is 319 g/mol. The number of para-hydroxylation sites is 1. The fourth-order valence-corrected chi connectivity index (χ4v) is 2.85. The monoisotopic (exact) mass is 335 g/mol. The van der Waals surface area contributed by atoms with Crippen LogP contribution in [0.2, 0.25) is 0 Å². The van der Waals surface area contributed by atoms with E-state index in [1.165, 1.54) is 19.1 Å². The van der Waals surface area contributed by atoms with Gasteiger partial charge in [0.25, 0.3) is 0 Å². The average Bonchev–Trinajstić information content (AvgIpc) is 2.55. The first-order chi connectivity index (χ1) is 11.4. The summed E-state index contributed by atoms with van der Waals surface area (Å²) >= 11 is 0. The van der Waals surface area contributed by atoms with Gasteiger partial charge in [-0.2, -0.15) is 13.2 Å². The summed E-state index contributed by atoms with van der Waals surface area (Å²) in [4.78, 5) is 12.5. The molecule has 1 atom stereocenters. The van der Waals surface area contributed by atoms with Crippen molar-refractivity contribution in [3.8, 4) is 5.75 Å². The Morgan fingerprint density at radius 2 is 1.96 bits per heavy atom. The van der Waals surface area contributed by atoms with Crippen molar-refractivity contribution in [2.24, 2.45) is 0 Å². The molecule has 0 radical (unpaired) electrons. The molecule has 1 N–H and O–H groups in total. The van der Waals surface area contributed by atoms with Crippen molar-refractivity contribution < 1.29 is 22.7 Å². The number of aryl methyl sites for hydroxylation is 1. The minimum absolute atomic E-state index is 0.122. The van der Waals surface area contributed by atoms with Crippen LogP contribution in [0.25, 0.3) is 0 Å². The largest absolute Gasteiger partial charge is 0.493 e. The number of nitrogens with one attached hydrogen (secondary N) is 1. The van der Waals surface area contributed by atoms with Gasteiger partial charge in [-0.1, -0.05) is 24.3 Å². The smallest absolute Gasteiger partial charge is 0.416 e. The molecule has 2 aromatic rings. The summed E-state index contributed by atoms with van der Waals surface area (Å²) in [5.74, 6) is -0.128. The van der Waals surface area contributed by atoms with Crippen molar-refractivity contribution >= 4 is 11.6 Å². The molecule has 0 aliphatic carbocycles. The zero-order valence-electron chi connectivity index (χ0n) is 13.0. The molecule has 24 heavy (non-hydrogen) atoms. The highest BCUT2D eigenvalue weighted by Gasteiger charge is 2.33. The van der Waals surface area contributed by atoms with Gasteiger partial charge in [-0.3, -0.25) is 4.79 Å². The summed E-state index contributed by atoms with van der Waals surface area (Å²) < 4.78 is 44.5. The Bertz CT molecular complexity index is 771. The van der Waals surface area contributed by atoms with Crippen LogP contribution in [0.5, 0.6) is 5.75 Å². The number of halogens is 3. The number of anilines is 1. The third-order valence-electron chi connectivity index (χ3n) is 4.09. The molecule has 0 spiro atoms. The number of rotatable bonds is 2. The van der Waals surface area contributed by atoms with Gasteiger partial charge >= 0.3 is 6.18 Å². The van der Waals surface area contributed by atoms with Crippen molar-refractivity contribution in [1.29, 1.82) is 0 Å². The molecule has 3 rings (SSSR count). The van der Waals surface area contributed by atoms with E-state index in [-0.39, 0.29) is 17.2 Å². The van der Waals surface area contributed by atoms with Crippen LogP contribution in [0.1, 0.15) is 29.0 Å². The average molecular weight is 335 g/mol. The molecular formula is C18H16F3NO2. The highest BCUT2D eigenvalue weighted by molar-refractivity contribution is 5.96. The molecule has 0 aromatic heterocycles. The number of amides is 1. The second-order valence-corrected chi connectivity index (χ2v) is 5.74. The highest BCUT2D eigenvalue weighted by atomic mass is 19.4. The van der Waals surface area contributed by atoms with Crippen molar-refractivity contribution in [3.05, 3.63) is 59.2 Å². The van der Waals surface area contributed by atoms with Crippen molar-refractivity contribution in [2.75, 3.05) is 11.9 Å². The first-order valence-electron chi connectivity index (χ1n) is 7.56. The molecule has 1 heterocycles. The number of benzene rings is 2. The van der Waals surface area contributed by atoms with Crippen LogP contribution >= 0.6 is 0 Å². The van der Waals surface area contributed by atoms with Gasteiger partial charge in [0.1, 0.15) is 5.75 Å². The van der Waals surface area contributed by atoms with Crippen LogP contribution < -0.4 is 10.1 Å². The maximum Gasteiger partial charge on any atom is 0.416 e. The quantitative estimate of drug-likeness (QED) is 0.876. The van der Waals surface area contributed by atoms with Crippen LogP contribution in [-0.2, 0) is 11.0 Å². The first-order valence-corrected chi connectivity index (χ1v) is 7.56. The van der Waals surface area contributed by atoms with Crippen LogP contribution in [-0.4, -0.2) is 12.5 Å². The normalized spacial score (nSPS) is 16.9. The van der Waals surface area contributed by atoms with E-state index in [1.54, 1.807) is 18.2 Å². The number of alkyl halides is 3. The van der Waals surface area contributed by atoms with E-state index < -0.39 is 17.7 Å². The number of hydrogen-bond acceptors (Lipinski definition) is 2. The van der Waals surface area contributed by atoms with E-state index in [4.69, 9.17) is 4.74 Å². The van der Waals surface area contributed by atoms with Gasteiger partial charge in [0.2, 0.25) is 5.91 Å². The Morgan fingerprint density at radius 1 is 1.21 bits per heavy atom. The number of ether oxygens (including phenoxy) is 1. The molecule has 0 saturated heterocycles. The Balaban J connectivity index is 1.84. The zero-order valence-corrected chi connectivity index (χ0v) is 13.0. The number of carbonyl (C=O) groups is 1. The first kappa shape index (κ1) is 16.4. The van der Waals surface area contributed by atoms with Gasteiger partial charge in [0.05, 0.1) is 18.1 Å². The minimum Gasteiger partial charge on any atom is -0.493 e. The summed E-state index contributed by atoms with van der Waals surface area (Å²) in [5, 5.41) is 2.60. The molecule has 3 nitrogen and oxygen atoms in total. The Labute approximate surface area is 137 Å². The number of carbonyl (C=O) groups excluding carboxylic acids is 1. The molecule has 6 heteroatoms. The fraction of sp³-hybridized carbons (Fsp3) is 0.278. The predicted octanol–water partition coefficient (Wildman–Crippen LogP) is 4.52. The third kappa shape index (κ3) is 3.22. The van der Waals surface area contributed by atoms with Crippen molar-refractivity contribution in [3.63, 3.8) is 0 Å². The predicted molar refractivity (Wildman–Crippen MR) is 84.1 cm³/mol. The second-order valence-electron chi connectivity index (χ2n) is 5.74. The minimum atomic E-state index is -4.45. The zero-order chi connectivity index (χ0) is 17.3. The fourth-order valence-electron chi connectivity index (χ4n) is 2.85. The molecule has 126 valence electrons. The molecule has 2 aromatic carbocycles. The van der Waals surface area contributed by atoms with E-state index >= 15 is 0 Å². The lowest BCUT2D eigenvalue weighted by atomic mass is 9.92. The lowest BCUT2D eigenvalue weighted by Crippen LogP contribution is -2.26. The summed E-state index contributed by atoms with van der Waals surface area (Å²) in [6.45, 7) is 1.79. The van der Waals surface area contributed by atoms with Crippen LogP contribution in [0.3, 0.4) is 0 Å². The van der Waals surface area contributed by atoms with Gasteiger partial charge in [0, 0.05) is 11.3 Å². The lowest BCUT2D eigenvalue weighted by Gasteiger charge is -2.25. The molecule has 1 aliphatic heterocycles. The molecule has 1 amide bonds. The standard InChI is InChI=1S/C18H16F3NO2/c1-11-6-7-12(10-15(11)18(19,20)21)22-17(23)14-8-9-24-16-5-3-2-4-13(14)16/h2-7,10,14H,8-9H2,1H3,(H,22,23). The Hall–Kier alpha value is -2.50. The maximum absolute atomic E-state index is 13.0. The topological polar surface area (TPSA) is 38.3 Å². The lowest BCUT2D eigenvalue weighted by molar-refractivity contribution is -0.138. The third-order valence-corrected chi connectivity index (χ3v) is 4.09. The molecule has 0 fully saturated rings. The molecule has 1 aliphatic rings. The van der Waals surface area contributed by atoms with Gasteiger partial charge < -0.3 is 10.1 Å². The van der Waals surface area contributed by atoms with Crippen LogP contribution in [0, 0.1) is 6.92 Å². The Morgan fingerprint density at radius 3 is 2.71 bits per heavy atom. The summed E-state index contributed by atoms with van der Waals surface area (Å²) in [6.07, 6.45) is -3.96. The van der Waals surface area contributed by atoms with Gasteiger partial charge in [-0.25, -0.2) is 0 Å². The van der Waals surface area contributed by atoms with Crippen LogP contribution in [0.4, 0.5) is 18.9 Å². The van der Waals surface area contributed by atoms with E-state index in [0.29, 0.717) is 18.8 Å². The SMILES string of the molecule is Cc1ccc(NC(=O)C2CCOc3ccccc32)cc1C(F)(F)F. The maximum atomic E-state index is 13.0. The summed E-state index contributed by atoms with van der Waals surface area (Å²) in [6, 6.07) is 11.0. The van der Waals surface area contributed by atoms with E-state index in [2.05, 4.69) is 5.32 Å². The van der Waals surface area contributed by atoms with Gasteiger partial charge in [0.15, 0.2) is 0 Å². The van der Waals surface area contributed by atoms with Crippen molar-refractivity contribution in [2.45, 2.75) is 25.4 Å². The summed E-state index contributed by atoms with van der Waals surface area (Å²) in [5.41, 5.74) is 0.274. The number of hydrogen-bond donors (Lipinski definition) is 1.